The van der Waals surface area contributed by atoms with Crippen LogP contribution in [0.1, 0.15) is 18.7 Å². The van der Waals surface area contributed by atoms with Crippen molar-refractivity contribution in [2.45, 2.75) is 19.7 Å². The molecule has 3 aromatic heterocycles. The highest BCUT2D eigenvalue weighted by atomic mass is 19.1. The maximum atomic E-state index is 14.2. The van der Waals surface area contributed by atoms with Crippen molar-refractivity contribution in [3.8, 4) is 0 Å². The Labute approximate surface area is 182 Å². The van der Waals surface area contributed by atoms with Crippen molar-refractivity contribution < 1.29 is 18.3 Å². The number of pyridine rings is 1. The summed E-state index contributed by atoms with van der Waals surface area (Å²) in [7, 11) is 1.59. The van der Waals surface area contributed by atoms with Crippen LogP contribution in [-0.4, -0.2) is 62.9 Å². The van der Waals surface area contributed by atoms with Gasteiger partial charge in [0.25, 0.3) is 0 Å². The Morgan fingerprint density at radius 3 is 2.69 bits per heavy atom. The van der Waals surface area contributed by atoms with Crippen molar-refractivity contribution in [2.24, 2.45) is 0 Å². The molecular formula is C19H23F2N9O2. The maximum absolute atomic E-state index is 14.2. The number of hydrogen-bond acceptors (Lipinski definition) is 10. The van der Waals surface area contributed by atoms with E-state index in [1.54, 1.807) is 31.1 Å². The molecule has 2 N–H and O–H groups in total. The molecule has 1 aliphatic heterocycles. The Hall–Kier alpha value is -3.45. The Kier molecular flexibility index (Phi) is 6.66. The van der Waals surface area contributed by atoms with E-state index in [0.29, 0.717) is 44.8 Å². The number of ether oxygens (including phenoxy) is 2. The van der Waals surface area contributed by atoms with Crippen LogP contribution in [0.3, 0.4) is 0 Å². The van der Waals surface area contributed by atoms with E-state index in [-0.39, 0.29) is 17.6 Å². The lowest BCUT2D eigenvalue weighted by Crippen LogP contribution is -2.37. The number of morpholine rings is 1. The number of rotatable bonds is 8. The molecule has 0 amide bonds. The van der Waals surface area contributed by atoms with Crippen LogP contribution in [0.25, 0.3) is 0 Å². The van der Waals surface area contributed by atoms with Gasteiger partial charge >= 0.3 is 0 Å². The largest absolute Gasteiger partial charge is 0.378 e. The van der Waals surface area contributed by atoms with Gasteiger partial charge in [0.05, 0.1) is 43.7 Å². The van der Waals surface area contributed by atoms with E-state index < -0.39 is 17.7 Å². The van der Waals surface area contributed by atoms with Gasteiger partial charge in [0.15, 0.2) is 5.82 Å². The molecule has 1 atom stereocenters. The van der Waals surface area contributed by atoms with Gasteiger partial charge in [-0.2, -0.15) is 15.0 Å². The average molecular weight is 447 g/mol. The summed E-state index contributed by atoms with van der Waals surface area (Å²) in [5, 5.41) is 6.07. The molecule has 0 unspecified atom stereocenters. The molecule has 0 saturated carbocycles. The minimum atomic E-state index is -0.755. The van der Waals surface area contributed by atoms with Crippen LogP contribution in [-0.2, 0) is 16.2 Å². The summed E-state index contributed by atoms with van der Waals surface area (Å²) in [5.74, 6) is -0.0809. The minimum absolute atomic E-state index is 0.0487. The van der Waals surface area contributed by atoms with Crippen molar-refractivity contribution in [3.63, 3.8) is 0 Å². The van der Waals surface area contributed by atoms with Crippen molar-refractivity contribution >= 4 is 23.7 Å². The second-order valence-corrected chi connectivity index (χ2v) is 7.08. The third-order valence-corrected chi connectivity index (χ3v) is 4.66. The molecule has 0 spiro atoms. The van der Waals surface area contributed by atoms with Crippen LogP contribution in [0, 0.1) is 11.6 Å². The number of nitrogens with zero attached hydrogens (tertiary/aromatic N) is 7. The molecule has 0 aliphatic carbocycles. The van der Waals surface area contributed by atoms with Gasteiger partial charge in [-0.1, -0.05) is 0 Å². The lowest BCUT2D eigenvalue weighted by atomic mass is 10.2. The maximum Gasteiger partial charge on any atom is 0.235 e. The summed E-state index contributed by atoms with van der Waals surface area (Å²) in [5.41, 5.74) is 0.0487. The second-order valence-electron chi connectivity index (χ2n) is 7.08. The van der Waals surface area contributed by atoms with Gasteiger partial charge < -0.3 is 29.6 Å². The molecule has 0 aromatic carbocycles. The van der Waals surface area contributed by atoms with Gasteiger partial charge in [0.2, 0.25) is 17.8 Å². The molecule has 1 fully saturated rings. The van der Waals surface area contributed by atoms with Crippen LogP contribution in [0.5, 0.6) is 0 Å². The topological polar surface area (TPSA) is 115 Å². The Morgan fingerprint density at radius 2 is 1.94 bits per heavy atom. The number of imidazole rings is 1. The predicted molar refractivity (Wildman–Crippen MR) is 112 cm³/mol. The summed E-state index contributed by atoms with van der Waals surface area (Å²) in [6, 6.07) is 0.167. The molecule has 170 valence electrons. The number of anilines is 4. The number of nitrogens with one attached hydrogen (secondary N) is 2. The van der Waals surface area contributed by atoms with Crippen LogP contribution >= 0.6 is 0 Å². The van der Waals surface area contributed by atoms with E-state index >= 15 is 0 Å². The number of hydrogen-bond donors (Lipinski definition) is 2. The van der Waals surface area contributed by atoms with Crippen LogP contribution < -0.4 is 15.5 Å². The third kappa shape index (κ3) is 5.23. The van der Waals surface area contributed by atoms with Gasteiger partial charge in [0.1, 0.15) is 18.4 Å². The molecule has 4 rings (SSSR count). The first-order chi connectivity index (χ1) is 15.5. The Balaban J connectivity index is 1.60. The summed E-state index contributed by atoms with van der Waals surface area (Å²) in [4.78, 5) is 23.4. The van der Waals surface area contributed by atoms with Gasteiger partial charge in [-0.15, -0.1) is 0 Å². The lowest BCUT2D eigenvalue weighted by molar-refractivity contribution is 0.122. The number of aromatic nitrogens is 6. The van der Waals surface area contributed by atoms with E-state index in [0.717, 1.165) is 12.3 Å². The van der Waals surface area contributed by atoms with Crippen molar-refractivity contribution in [1.82, 2.24) is 29.5 Å². The van der Waals surface area contributed by atoms with Gasteiger partial charge in [-0.05, 0) is 6.92 Å². The first kappa shape index (κ1) is 21.8. The standard InChI is InChI=1S/C19H23F2N9O2/c1-12(16-14(21)7-13(20)8-22-16)24-17-26-18(25-15-9-29(10-23-15)11-31-2)28-19(27-17)30-3-5-32-6-4-30/h7-10,12H,3-6,11H2,1-2H3,(H2,24,25,26,27,28)/t12-/m0/s1. The fourth-order valence-corrected chi connectivity index (χ4v) is 3.15. The fourth-order valence-electron chi connectivity index (χ4n) is 3.15. The molecule has 3 aromatic rings. The quantitative estimate of drug-likeness (QED) is 0.532. The van der Waals surface area contributed by atoms with Gasteiger partial charge in [-0.3, -0.25) is 4.98 Å². The molecule has 11 nitrogen and oxygen atoms in total. The summed E-state index contributed by atoms with van der Waals surface area (Å²) < 4.78 is 39.6. The van der Waals surface area contributed by atoms with Crippen molar-refractivity contribution in [3.05, 3.63) is 42.1 Å². The normalized spacial score (nSPS) is 14.9. The van der Waals surface area contributed by atoms with Crippen LogP contribution in [0.15, 0.2) is 24.8 Å². The van der Waals surface area contributed by atoms with Gasteiger partial charge in [-0.25, -0.2) is 13.8 Å². The summed E-state index contributed by atoms with van der Waals surface area (Å²) >= 11 is 0. The fraction of sp³-hybridized carbons (Fsp3) is 0.421. The molecule has 4 heterocycles. The molecule has 1 aliphatic rings. The zero-order valence-corrected chi connectivity index (χ0v) is 17.6. The van der Waals surface area contributed by atoms with Crippen molar-refractivity contribution in [1.29, 1.82) is 0 Å². The molecule has 1 saturated heterocycles. The first-order valence-electron chi connectivity index (χ1n) is 9.96. The molecule has 0 bridgehead atoms. The highest BCUT2D eigenvalue weighted by Gasteiger charge is 2.20. The van der Waals surface area contributed by atoms with Crippen LogP contribution in [0.4, 0.5) is 32.4 Å². The summed E-state index contributed by atoms with van der Waals surface area (Å²) in [6.07, 6.45) is 4.32. The molecule has 13 heteroatoms. The second kappa shape index (κ2) is 9.78. The summed E-state index contributed by atoms with van der Waals surface area (Å²) in [6.45, 7) is 4.39. The molecular weight excluding hydrogens is 424 g/mol. The predicted octanol–water partition coefficient (Wildman–Crippen LogP) is 2.10. The van der Waals surface area contributed by atoms with E-state index in [4.69, 9.17) is 9.47 Å². The molecule has 0 radical (unpaired) electrons. The smallest absolute Gasteiger partial charge is 0.235 e. The number of halogens is 2. The SMILES string of the molecule is COCn1cnc(Nc2nc(N[C@@H](C)c3ncc(F)cc3F)nc(N3CCOCC3)n2)c1. The van der Waals surface area contributed by atoms with E-state index in [1.165, 1.54) is 0 Å². The third-order valence-electron chi connectivity index (χ3n) is 4.66. The average Bonchev–Trinajstić information content (AvgIpc) is 3.21. The first-order valence-corrected chi connectivity index (χ1v) is 9.96. The van der Waals surface area contributed by atoms with E-state index in [1.807, 2.05) is 4.90 Å². The van der Waals surface area contributed by atoms with Crippen molar-refractivity contribution in [2.75, 3.05) is 48.9 Å². The number of methoxy groups -OCH3 is 1. The monoisotopic (exact) mass is 447 g/mol. The highest BCUT2D eigenvalue weighted by molar-refractivity contribution is 5.52. The minimum Gasteiger partial charge on any atom is -0.378 e. The Bertz CT molecular complexity index is 1060. The van der Waals surface area contributed by atoms with E-state index in [9.17, 15) is 8.78 Å². The highest BCUT2D eigenvalue weighted by Crippen LogP contribution is 2.22. The Morgan fingerprint density at radius 1 is 1.16 bits per heavy atom. The van der Waals surface area contributed by atoms with Gasteiger partial charge in [0, 0.05) is 26.3 Å². The lowest BCUT2D eigenvalue weighted by Gasteiger charge is -2.27. The zero-order valence-electron chi connectivity index (χ0n) is 17.6. The zero-order chi connectivity index (χ0) is 22.5. The molecule has 32 heavy (non-hydrogen) atoms. The van der Waals surface area contributed by atoms with Crippen LogP contribution in [0.2, 0.25) is 0 Å². The van der Waals surface area contributed by atoms with E-state index in [2.05, 4.69) is 35.6 Å².